The number of aromatic nitrogens is 5. The molecule has 3 aromatic heterocycles. The molecule has 3 heterocycles. The molecule has 58 heavy (non-hydrogen) atoms. The summed E-state index contributed by atoms with van der Waals surface area (Å²) in [7, 11) is 0. The highest BCUT2D eigenvalue weighted by molar-refractivity contribution is 6.26. The van der Waals surface area contributed by atoms with Gasteiger partial charge < -0.3 is 9.13 Å². The third kappa shape index (κ3) is 5.30. The number of hydrogen-bond acceptors (Lipinski definition) is 4. The highest BCUT2D eigenvalue weighted by Gasteiger charge is 2.26. The Kier molecular flexibility index (Phi) is 7.76. The number of benzene rings is 8. The van der Waals surface area contributed by atoms with E-state index in [1.807, 2.05) is 91.0 Å². The summed E-state index contributed by atoms with van der Waals surface area (Å²) in [5.41, 5.74) is 11.1. The second-order valence-corrected chi connectivity index (χ2v) is 14.3. The standard InChI is InChI=1S/C52H32N6/c53-33-34-31-42(35-17-5-1-6-18-35)48(43(32-34)52-55-50(36-19-7-2-8-20-36)54-51(56-52)37-21-9-3-10-22-37)58-45-28-16-14-26-41(45)47-46(58)30-29-40-39-25-13-15-27-44(39)57(49(40)47)38-23-11-4-12-24-38/h1-32H. The summed E-state index contributed by atoms with van der Waals surface area (Å²) in [4.78, 5) is 15.5. The molecule has 8 aromatic carbocycles. The molecule has 0 unspecified atom stereocenters. The van der Waals surface area contributed by atoms with Gasteiger partial charge in [-0.3, -0.25) is 0 Å². The van der Waals surface area contributed by atoms with Crippen LogP contribution in [0.25, 0.3) is 100 Å². The second kappa shape index (κ2) is 13.6. The van der Waals surface area contributed by atoms with Crippen molar-refractivity contribution in [2.75, 3.05) is 0 Å². The molecule has 11 rings (SSSR count). The maximum atomic E-state index is 10.6. The van der Waals surface area contributed by atoms with E-state index in [4.69, 9.17) is 15.0 Å². The van der Waals surface area contributed by atoms with Crippen LogP contribution >= 0.6 is 0 Å². The Balaban J connectivity index is 1.32. The fraction of sp³-hybridized carbons (Fsp3) is 0. The molecule has 0 amide bonds. The van der Waals surface area contributed by atoms with Crippen molar-refractivity contribution < 1.29 is 0 Å². The van der Waals surface area contributed by atoms with E-state index < -0.39 is 0 Å². The van der Waals surface area contributed by atoms with Crippen LogP contribution < -0.4 is 0 Å². The van der Waals surface area contributed by atoms with Crippen LogP contribution in [0.5, 0.6) is 0 Å². The molecule has 6 nitrogen and oxygen atoms in total. The number of hydrogen-bond donors (Lipinski definition) is 0. The van der Waals surface area contributed by atoms with Crippen molar-refractivity contribution in [1.82, 2.24) is 24.1 Å². The molecule has 0 radical (unpaired) electrons. The molecule has 11 aromatic rings. The van der Waals surface area contributed by atoms with E-state index in [1.165, 1.54) is 10.8 Å². The van der Waals surface area contributed by atoms with Gasteiger partial charge >= 0.3 is 0 Å². The summed E-state index contributed by atoms with van der Waals surface area (Å²) < 4.78 is 4.75. The first kappa shape index (κ1) is 33.2. The molecule has 0 aliphatic rings. The smallest absolute Gasteiger partial charge is 0.166 e. The lowest BCUT2D eigenvalue weighted by molar-refractivity contribution is 1.06. The van der Waals surface area contributed by atoms with Gasteiger partial charge in [0.1, 0.15) is 0 Å². The molecule has 0 aliphatic carbocycles. The molecule has 270 valence electrons. The monoisotopic (exact) mass is 740 g/mol. The Bertz CT molecular complexity index is 3320. The van der Waals surface area contributed by atoms with Crippen molar-refractivity contribution in [1.29, 1.82) is 5.26 Å². The number of nitriles is 1. The van der Waals surface area contributed by atoms with Crippen molar-refractivity contribution >= 4 is 43.6 Å². The molecular formula is C52H32N6. The summed E-state index contributed by atoms with van der Waals surface area (Å²) in [6.45, 7) is 0. The Hall–Kier alpha value is -8.14. The van der Waals surface area contributed by atoms with Gasteiger partial charge in [-0.2, -0.15) is 5.26 Å². The van der Waals surface area contributed by atoms with Crippen LogP contribution in [0.15, 0.2) is 194 Å². The van der Waals surface area contributed by atoms with E-state index >= 15 is 0 Å². The maximum Gasteiger partial charge on any atom is 0.166 e. The molecule has 0 spiro atoms. The topological polar surface area (TPSA) is 72.3 Å². The molecule has 0 N–H and O–H groups in total. The number of fused-ring (bicyclic) bond motifs is 7. The number of para-hydroxylation sites is 3. The van der Waals surface area contributed by atoms with Crippen molar-refractivity contribution in [2.45, 2.75) is 0 Å². The Morgan fingerprint density at radius 3 is 1.52 bits per heavy atom. The lowest BCUT2D eigenvalue weighted by Gasteiger charge is -2.19. The average molecular weight is 741 g/mol. The van der Waals surface area contributed by atoms with E-state index in [9.17, 15) is 5.26 Å². The average Bonchev–Trinajstić information content (AvgIpc) is 3.82. The predicted octanol–water partition coefficient (Wildman–Crippen LogP) is 12.6. The molecule has 0 fully saturated rings. The fourth-order valence-corrected chi connectivity index (χ4v) is 8.47. The summed E-state index contributed by atoms with van der Waals surface area (Å²) in [6, 6.07) is 69.0. The first-order chi connectivity index (χ1) is 28.7. The highest BCUT2D eigenvalue weighted by atomic mass is 15.1. The quantitative estimate of drug-likeness (QED) is 0.170. The van der Waals surface area contributed by atoms with E-state index in [2.05, 4.69) is 118 Å². The van der Waals surface area contributed by atoms with Crippen molar-refractivity contribution in [3.8, 4) is 62.7 Å². The molecule has 0 aliphatic heterocycles. The fourth-order valence-electron chi connectivity index (χ4n) is 8.47. The van der Waals surface area contributed by atoms with Crippen LogP contribution in [0.2, 0.25) is 0 Å². The second-order valence-electron chi connectivity index (χ2n) is 14.3. The van der Waals surface area contributed by atoms with Crippen LogP contribution in [0, 0.1) is 11.3 Å². The zero-order chi connectivity index (χ0) is 38.6. The van der Waals surface area contributed by atoms with E-state index in [0.717, 1.165) is 72.0 Å². The van der Waals surface area contributed by atoms with E-state index in [-0.39, 0.29) is 0 Å². The van der Waals surface area contributed by atoms with Gasteiger partial charge in [0.2, 0.25) is 0 Å². The van der Waals surface area contributed by atoms with Gasteiger partial charge in [0.05, 0.1) is 39.4 Å². The molecule has 0 atom stereocenters. The number of nitrogens with zero attached hydrogens (tertiary/aromatic N) is 6. The van der Waals surface area contributed by atoms with Gasteiger partial charge in [-0.05, 0) is 48.0 Å². The van der Waals surface area contributed by atoms with Gasteiger partial charge in [-0.25, -0.2) is 15.0 Å². The normalized spacial score (nSPS) is 11.4. The first-order valence-electron chi connectivity index (χ1n) is 19.3. The molecule has 0 saturated carbocycles. The summed E-state index contributed by atoms with van der Waals surface area (Å²) in [5, 5.41) is 15.2. The predicted molar refractivity (Wildman–Crippen MR) is 235 cm³/mol. The van der Waals surface area contributed by atoms with Gasteiger partial charge in [-0.15, -0.1) is 0 Å². The van der Waals surface area contributed by atoms with Crippen LogP contribution in [0.3, 0.4) is 0 Å². The van der Waals surface area contributed by atoms with Crippen LogP contribution in [-0.2, 0) is 0 Å². The lowest BCUT2D eigenvalue weighted by atomic mass is 9.96. The highest BCUT2D eigenvalue weighted by Crippen LogP contribution is 2.45. The summed E-state index contributed by atoms with van der Waals surface area (Å²) >= 11 is 0. The lowest BCUT2D eigenvalue weighted by Crippen LogP contribution is -2.06. The zero-order valence-electron chi connectivity index (χ0n) is 31.2. The first-order valence-corrected chi connectivity index (χ1v) is 19.3. The van der Waals surface area contributed by atoms with E-state index in [0.29, 0.717) is 23.0 Å². The van der Waals surface area contributed by atoms with Gasteiger partial charge in [0.15, 0.2) is 17.5 Å². The molecule has 0 saturated heterocycles. The van der Waals surface area contributed by atoms with Crippen molar-refractivity contribution in [3.05, 3.63) is 200 Å². The van der Waals surface area contributed by atoms with Gasteiger partial charge in [0, 0.05) is 49.5 Å². The van der Waals surface area contributed by atoms with E-state index in [1.54, 1.807) is 0 Å². The van der Waals surface area contributed by atoms with Crippen LogP contribution in [0.1, 0.15) is 5.56 Å². The summed E-state index contributed by atoms with van der Waals surface area (Å²) in [6.07, 6.45) is 0. The Morgan fingerprint density at radius 2 is 0.897 bits per heavy atom. The van der Waals surface area contributed by atoms with Crippen molar-refractivity contribution in [2.24, 2.45) is 0 Å². The minimum Gasteiger partial charge on any atom is -0.309 e. The minimum absolute atomic E-state index is 0.474. The Morgan fingerprint density at radius 1 is 0.397 bits per heavy atom. The number of rotatable bonds is 6. The largest absolute Gasteiger partial charge is 0.309 e. The van der Waals surface area contributed by atoms with Gasteiger partial charge in [0.25, 0.3) is 0 Å². The molecule has 0 bridgehead atoms. The van der Waals surface area contributed by atoms with Crippen LogP contribution in [-0.4, -0.2) is 24.1 Å². The molecular weight excluding hydrogens is 709 g/mol. The minimum atomic E-state index is 0.474. The third-order valence-electron chi connectivity index (χ3n) is 11.0. The summed E-state index contributed by atoms with van der Waals surface area (Å²) in [5.74, 6) is 1.58. The third-order valence-corrected chi connectivity index (χ3v) is 11.0. The SMILES string of the molecule is N#Cc1cc(-c2ccccc2)c(-n2c3ccccc3c3c2ccc2c4ccccc4n(-c4ccccc4)c23)c(-c2nc(-c3ccccc3)nc(-c3ccccc3)n2)c1. The van der Waals surface area contributed by atoms with Crippen LogP contribution in [0.4, 0.5) is 0 Å². The Labute approximate surface area is 334 Å². The van der Waals surface area contributed by atoms with Gasteiger partial charge in [-0.1, -0.05) is 152 Å². The zero-order valence-corrected chi connectivity index (χ0v) is 31.2. The maximum absolute atomic E-state index is 10.6. The van der Waals surface area contributed by atoms with Crippen molar-refractivity contribution in [3.63, 3.8) is 0 Å². The molecule has 6 heteroatoms.